The van der Waals surface area contributed by atoms with Crippen molar-refractivity contribution < 1.29 is 14.7 Å². The van der Waals surface area contributed by atoms with Crippen LogP contribution in [0.4, 0.5) is 0 Å². The third-order valence-corrected chi connectivity index (χ3v) is 4.58. The first-order valence-electron chi connectivity index (χ1n) is 7.93. The molecular weight excluding hydrogens is 361 g/mol. The molecule has 0 heterocycles. The molecule has 132 valence electrons. The Morgan fingerprint density at radius 1 is 0.960 bits per heavy atom. The second kappa shape index (κ2) is 8.37. The van der Waals surface area contributed by atoms with Crippen molar-refractivity contribution in [2.24, 2.45) is 5.16 Å². The number of rotatable bonds is 7. The summed E-state index contributed by atoms with van der Waals surface area (Å²) in [6.45, 7) is 3.52. The Balaban J connectivity index is 2.48. The summed E-state index contributed by atoms with van der Waals surface area (Å²) in [6, 6.07) is 14.2. The quantitative estimate of drug-likeness (QED) is 0.516. The molecule has 0 atom stereocenters. The number of hydrogen-bond acceptors (Lipinski definition) is 3. The van der Waals surface area contributed by atoms with E-state index in [1.165, 1.54) is 0 Å². The Hall–Kier alpha value is -2.04. The molecule has 6 heteroatoms. The lowest BCUT2D eigenvalue weighted by atomic mass is 9.98. The molecule has 0 bridgehead atoms. The molecule has 2 aromatic rings. The highest BCUT2D eigenvalue weighted by Gasteiger charge is 2.38. The minimum absolute atomic E-state index is 0.302. The van der Waals surface area contributed by atoms with Crippen LogP contribution in [-0.2, 0) is 9.63 Å². The van der Waals surface area contributed by atoms with Gasteiger partial charge in [0.25, 0.3) is 0 Å². The highest BCUT2D eigenvalue weighted by atomic mass is 35.5. The maximum Gasteiger partial charge on any atom is 0.350 e. The van der Waals surface area contributed by atoms with Crippen LogP contribution >= 0.6 is 23.2 Å². The summed E-state index contributed by atoms with van der Waals surface area (Å²) >= 11 is 11.9. The van der Waals surface area contributed by atoms with E-state index in [0.29, 0.717) is 28.6 Å². The molecule has 2 rings (SSSR count). The fourth-order valence-corrected chi connectivity index (χ4v) is 2.59. The molecule has 0 saturated carbocycles. The third kappa shape index (κ3) is 4.53. The lowest BCUT2D eigenvalue weighted by Gasteiger charge is -2.24. The summed E-state index contributed by atoms with van der Waals surface area (Å²) in [5.74, 6) is -1.03. The van der Waals surface area contributed by atoms with Crippen LogP contribution in [0.5, 0.6) is 0 Å². The summed E-state index contributed by atoms with van der Waals surface area (Å²) in [5.41, 5.74) is 0.682. The van der Waals surface area contributed by atoms with Crippen molar-refractivity contribution in [2.45, 2.75) is 32.3 Å². The molecule has 0 fully saturated rings. The zero-order valence-corrected chi connectivity index (χ0v) is 15.5. The van der Waals surface area contributed by atoms with Gasteiger partial charge in [-0.3, -0.25) is 0 Å². The average Bonchev–Trinajstić information content (AvgIpc) is 2.61. The van der Waals surface area contributed by atoms with Crippen LogP contribution in [0.15, 0.2) is 53.7 Å². The topological polar surface area (TPSA) is 58.9 Å². The molecule has 0 aliphatic rings. The van der Waals surface area contributed by atoms with E-state index in [9.17, 15) is 9.90 Å². The van der Waals surface area contributed by atoms with Crippen molar-refractivity contribution in [3.8, 4) is 0 Å². The standard InChI is InChI=1S/C19H19Cl2NO3/c1-3-19(4-2,18(23)24)25-22-17(13-5-9-15(20)10-6-13)14-7-11-16(21)12-8-14/h5-12H,3-4H2,1-2H3,(H,23,24). The minimum atomic E-state index is -1.36. The van der Waals surface area contributed by atoms with Gasteiger partial charge >= 0.3 is 5.97 Å². The first-order chi connectivity index (χ1) is 11.9. The normalized spacial score (nSPS) is 11.0. The predicted octanol–water partition coefficient (Wildman–Crippen LogP) is 5.41. The van der Waals surface area contributed by atoms with Crippen LogP contribution in [0.3, 0.4) is 0 Å². The monoisotopic (exact) mass is 379 g/mol. The molecule has 1 N–H and O–H groups in total. The number of halogens is 2. The summed E-state index contributed by atoms with van der Waals surface area (Å²) < 4.78 is 0. The van der Waals surface area contributed by atoms with Gasteiger partial charge in [0.15, 0.2) is 0 Å². The molecule has 0 aromatic heterocycles. The van der Waals surface area contributed by atoms with Crippen molar-refractivity contribution in [1.82, 2.24) is 0 Å². The molecule has 0 saturated heterocycles. The van der Waals surface area contributed by atoms with E-state index < -0.39 is 11.6 Å². The fourth-order valence-electron chi connectivity index (χ4n) is 2.34. The number of hydrogen-bond donors (Lipinski definition) is 1. The molecule has 0 unspecified atom stereocenters. The zero-order valence-electron chi connectivity index (χ0n) is 14.0. The molecule has 2 aromatic carbocycles. The molecule has 0 radical (unpaired) electrons. The molecule has 0 amide bonds. The van der Waals surface area contributed by atoms with Crippen LogP contribution in [0, 0.1) is 0 Å². The van der Waals surface area contributed by atoms with Gasteiger partial charge in [0.2, 0.25) is 5.60 Å². The molecule has 4 nitrogen and oxygen atoms in total. The van der Waals surface area contributed by atoms with Crippen molar-refractivity contribution in [2.75, 3.05) is 0 Å². The molecule has 0 aliphatic heterocycles. The van der Waals surface area contributed by atoms with Gasteiger partial charge in [-0.2, -0.15) is 0 Å². The summed E-state index contributed by atoms with van der Waals surface area (Å²) in [6.07, 6.45) is 0.605. The average molecular weight is 380 g/mol. The van der Waals surface area contributed by atoms with Crippen molar-refractivity contribution in [3.05, 3.63) is 69.7 Å². The second-order valence-corrected chi connectivity index (χ2v) is 6.42. The highest BCUT2D eigenvalue weighted by Crippen LogP contribution is 2.23. The van der Waals surface area contributed by atoms with E-state index >= 15 is 0 Å². The molecule has 25 heavy (non-hydrogen) atoms. The van der Waals surface area contributed by atoms with Crippen molar-refractivity contribution in [1.29, 1.82) is 0 Å². The van der Waals surface area contributed by atoms with Gasteiger partial charge in [0.05, 0.1) is 0 Å². The van der Waals surface area contributed by atoms with Gasteiger partial charge in [-0.1, -0.05) is 66.5 Å². The highest BCUT2D eigenvalue weighted by molar-refractivity contribution is 6.31. The Kier molecular flexibility index (Phi) is 6.45. The van der Waals surface area contributed by atoms with Crippen LogP contribution in [0.2, 0.25) is 10.0 Å². The lowest BCUT2D eigenvalue weighted by molar-refractivity contribution is -0.167. The Morgan fingerprint density at radius 2 is 1.36 bits per heavy atom. The van der Waals surface area contributed by atoms with Crippen LogP contribution in [0.1, 0.15) is 37.8 Å². The smallest absolute Gasteiger partial charge is 0.350 e. The Morgan fingerprint density at radius 3 is 1.68 bits per heavy atom. The molecule has 0 aliphatic carbocycles. The van der Waals surface area contributed by atoms with Crippen LogP contribution in [0.25, 0.3) is 0 Å². The zero-order chi connectivity index (χ0) is 18.4. The van der Waals surface area contributed by atoms with Crippen molar-refractivity contribution in [3.63, 3.8) is 0 Å². The first kappa shape index (κ1) is 19.3. The number of nitrogens with zero attached hydrogens (tertiary/aromatic N) is 1. The van der Waals surface area contributed by atoms with E-state index in [4.69, 9.17) is 28.0 Å². The summed E-state index contributed by atoms with van der Waals surface area (Å²) in [5, 5.41) is 14.9. The summed E-state index contributed by atoms with van der Waals surface area (Å²) in [7, 11) is 0. The van der Waals surface area contributed by atoms with E-state index in [-0.39, 0.29) is 0 Å². The maximum atomic E-state index is 11.6. The largest absolute Gasteiger partial charge is 0.478 e. The number of benzene rings is 2. The number of aliphatic carboxylic acids is 1. The van der Waals surface area contributed by atoms with Gasteiger partial charge in [-0.25, -0.2) is 4.79 Å². The van der Waals surface area contributed by atoms with Gasteiger partial charge in [-0.15, -0.1) is 0 Å². The van der Waals surface area contributed by atoms with E-state index in [1.807, 2.05) is 0 Å². The van der Waals surface area contributed by atoms with E-state index in [2.05, 4.69) is 5.16 Å². The van der Waals surface area contributed by atoms with E-state index in [1.54, 1.807) is 62.4 Å². The Labute approximate surface area is 157 Å². The summed E-state index contributed by atoms with van der Waals surface area (Å²) in [4.78, 5) is 17.2. The molecular formula is C19H19Cl2NO3. The van der Waals surface area contributed by atoms with Gasteiger partial charge in [-0.05, 0) is 37.1 Å². The predicted molar refractivity (Wildman–Crippen MR) is 101 cm³/mol. The first-order valence-corrected chi connectivity index (χ1v) is 8.69. The van der Waals surface area contributed by atoms with Crippen molar-refractivity contribution >= 4 is 34.9 Å². The Bertz CT molecular complexity index is 704. The third-order valence-electron chi connectivity index (χ3n) is 4.08. The van der Waals surface area contributed by atoms with Gasteiger partial charge < -0.3 is 9.94 Å². The minimum Gasteiger partial charge on any atom is -0.478 e. The second-order valence-electron chi connectivity index (χ2n) is 5.55. The number of carboxylic acid groups (broad SMARTS) is 1. The number of carbonyl (C=O) groups is 1. The van der Waals surface area contributed by atoms with Gasteiger partial charge in [0, 0.05) is 21.2 Å². The number of carboxylic acids is 1. The SMILES string of the molecule is CCC(CC)(ON=C(c1ccc(Cl)cc1)c1ccc(Cl)cc1)C(=O)O. The lowest BCUT2D eigenvalue weighted by Crippen LogP contribution is -2.39. The maximum absolute atomic E-state index is 11.6. The molecule has 0 spiro atoms. The van der Waals surface area contributed by atoms with E-state index in [0.717, 1.165) is 11.1 Å². The van der Waals surface area contributed by atoms with Crippen LogP contribution in [-0.4, -0.2) is 22.4 Å². The fraction of sp³-hybridized carbons (Fsp3) is 0.263. The van der Waals surface area contributed by atoms with Gasteiger partial charge in [0.1, 0.15) is 5.71 Å². The number of oxime groups is 1. The van der Waals surface area contributed by atoms with Crippen LogP contribution < -0.4 is 0 Å².